The summed E-state index contributed by atoms with van der Waals surface area (Å²) in [4.78, 5) is 13.5. The van der Waals surface area contributed by atoms with Crippen LogP contribution in [0, 0.1) is 0 Å². The molecule has 1 saturated heterocycles. The summed E-state index contributed by atoms with van der Waals surface area (Å²) in [5.74, 6) is 0.0402. The SMILES string of the molecule is CCCN(CCO)C(=O)[C@H]1CCCO1. The van der Waals surface area contributed by atoms with Crippen LogP contribution in [0.1, 0.15) is 26.2 Å². The molecule has 0 aromatic rings. The fourth-order valence-corrected chi connectivity index (χ4v) is 1.70. The number of rotatable bonds is 5. The van der Waals surface area contributed by atoms with E-state index in [2.05, 4.69) is 0 Å². The summed E-state index contributed by atoms with van der Waals surface area (Å²) < 4.78 is 5.32. The first-order valence-electron chi connectivity index (χ1n) is 5.30. The van der Waals surface area contributed by atoms with Crippen molar-refractivity contribution in [2.75, 3.05) is 26.3 Å². The molecule has 0 aliphatic carbocycles. The quantitative estimate of drug-likeness (QED) is 0.700. The third kappa shape index (κ3) is 2.96. The van der Waals surface area contributed by atoms with Gasteiger partial charge >= 0.3 is 0 Å². The molecule has 0 radical (unpaired) electrons. The smallest absolute Gasteiger partial charge is 0.251 e. The van der Waals surface area contributed by atoms with E-state index >= 15 is 0 Å². The topological polar surface area (TPSA) is 49.8 Å². The van der Waals surface area contributed by atoms with Crippen molar-refractivity contribution in [3.05, 3.63) is 0 Å². The zero-order chi connectivity index (χ0) is 10.4. The standard InChI is InChI=1S/C10H19NO3/c1-2-5-11(6-7-12)10(13)9-4-3-8-14-9/h9,12H,2-8H2,1H3/t9-/m1/s1. The second kappa shape index (κ2) is 5.98. The Morgan fingerprint density at radius 1 is 1.57 bits per heavy atom. The van der Waals surface area contributed by atoms with Gasteiger partial charge in [0, 0.05) is 19.7 Å². The number of amides is 1. The van der Waals surface area contributed by atoms with Crippen LogP contribution < -0.4 is 0 Å². The summed E-state index contributed by atoms with van der Waals surface area (Å²) in [5.41, 5.74) is 0. The summed E-state index contributed by atoms with van der Waals surface area (Å²) in [6.07, 6.45) is 2.45. The summed E-state index contributed by atoms with van der Waals surface area (Å²) in [6, 6.07) is 0. The highest BCUT2D eigenvalue weighted by Gasteiger charge is 2.27. The lowest BCUT2D eigenvalue weighted by atomic mass is 10.2. The molecule has 1 heterocycles. The second-order valence-corrected chi connectivity index (χ2v) is 3.55. The molecule has 4 nitrogen and oxygen atoms in total. The number of ether oxygens (including phenoxy) is 1. The number of aliphatic hydroxyl groups excluding tert-OH is 1. The first kappa shape index (κ1) is 11.5. The molecule has 1 amide bonds. The molecule has 0 bridgehead atoms. The van der Waals surface area contributed by atoms with Gasteiger partial charge in [0.1, 0.15) is 6.10 Å². The maximum atomic E-state index is 11.8. The molecule has 1 fully saturated rings. The molecule has 4 heteroatoms. The highest BCUT2D eigenvalue weighted by Crippen LogP contribution is 2.14. The van der Waals surface area contributed by atoms with E-state index in [4.69, 9.17) is 9.84 Å². The van der Waals surface area contributed by atoms with Crippen LogP contribution in [0.5, 0.6) is 0 Å². The van der Waals surface area contributed by atoms with Gasteiger partial charge in [-0.3, -0.25) is 4.79 Å². The number of aliphatic hydroxyl groups is 1. The van der Waals surface area contributed by atoms with Crippen molar-refractivity contribution in [2.24, 2.45) is 0 Å². The average molecular weight is 201 g/mol. The Bertz CT molecular complexity index is 172. The van der Waals surface area contributed by atoms with Crippen LogP contribution in [0.25, 0.3) is 0 Å². The van der Waals surface area contributed by atoms with Gasteiger partial charge in [-0.25, -0.2) is 0 Å². The van der Waals surface area contributed by atoms with E-state index in [1.807, 2.05) is 6.92 Å². The minimum atomic E-state index is -0.256. The molecule has 1 aliphatic rings. The predicted molar refractivity (Wildman–Crippen MR) is 52.9 cm³/mol. The molecular formula is C10H19NO3. The van der Waals surface area contributed by atoms with Gasteiger partial charge in [-0.1, -0.05) is 6.92 Å². The normalized spacial score (nSPS) is 21.1. The molecule has 1 atom stereocenters. The lowest BCUT2D eigenvalue weighted by Gasteiger charge is -2.23. The number of nitrogens with zero attached hydrogens (tertiary/aromatic N) is 1. The van der Waals surface area contributed by atoms with Crippen LogP contribution in [-0.2, 0) is 9.53 Å². The van der Waals surface area contributed by atoms with Crippen LogP contribution in [-0.4, -0.2) is 48.3 Å². The largest absolute Gasteiger partial charge is 0.395 e. The fraction of sp³-hybridized carbons (Fsp3) is 0.900. The van der Waals surface area contributed by atoms with Gasteiger partial charge in [-0.05, 0) is 19.3 Å². The zero-order valence-electron chi connectivity index (χ0n) is 8.74. The van der Waals surface area contributed by atoms with Gasteiger partial charge in [-0.2, -0.15) is 0 Å². The van der Waals surface area contributed by atoms with Gasteiger partial charge in [0.15, 0.2) is 0 Å². The molecule has 1 N–H and O–H groups in total. The maximum absolute atomic E-state index is 11.8. The maximum Gasteiger partial charge on any atom is 0.251 e. The molecule has 82 valence electrons. The fourth-order valence-electron chi connectivity index (χ4n) is 1.70. The van der Waals surface area contributed by atoms with Crippen molar-refractivity contribution >= 4 is 5.91 Å². The highest BCUT2D eigenvalue weighted by molar-refractivity contribution is 5.81. The monoisotopic (exact) mass is 201 g/mol. The van der Waals surface area contributed by atoms with Gasteiger partial charge < -0.3 is 14.7 Å². The van der Waals surface area contributed by atoms with Crippen molar-refractivity contribution in [3.8, 4) is 0 Å². The molecular weight excluding hydrogens is 182 g/mol. The first-order valence-corrected chi connectivity index (χ1v) is 5.30. The Morgan fingerprint density at radius 3 is 2.86 bits per heavy atom. The van der Waals surface area contributed by atoms with E-state index in [1.54, 1.807) is 4.90 Å². The van der Waals surface area contributed by atoms with Crippen molar-refractivity contribution in [1.82, 2.24) is 4.90 Å². The van der Waals surface area contributed by atoms with Gasteiger partial charge in [0.05, 0.1) is 6.61 Å². The van der Waals surface area contributed by atoms with Crippen LogP contribution in [0.4, 0.5) is 0 Å². The minimum Gasteiger partial charge on any atom is -0.395 e. The molecule has 0 aromatic carbocycles. The highest BCUT2D eigenvalue weighted by atomic mass is 16.5. The van der Waals surface area contributed by atoms with Gasteiger partial charge in [0.2, 0.25) is 0 Å². The Kier molecular flexibility index (Phi) is 4.90. The van der Waals surface area contributed by atoms with E-state index in [-0.39, 0.29) is 18.6 Å². The Labute approximate surface area is 84.8 Å². The Hall–Kier alpha value is -0.610. The second-order valence-electron chi connectivity index (χ2n) is 3.55. The first-order chi connectivity index (χ1) is 6.79. The van der Waals surface area contributed by atoms with E-state index in [1.165, 1.54) is 0 Å². The Balaban J connectivity index is 2.43. The molecule has 1 aliphatic heterocycles. The van der Waals surface area contributed by atoms with E-state index in [0.29, 0.717) is 19.7 Å². The number of carbonyl (C=O) groups is 1. The van der Waals surface area contributed by atoms with Crippen molar-refractivity contribution < 1.29 is 14.6 Å². The molecule has 0 aromatic heterocycles. The summed E-state index contributed by atoms with van der Waals surface area (Å²) >= 11 is 0. The third-order valence-corrected chi connectivity index (χ3v) is 2.38. The molecule has 0 saturated carbocycles. The number of hydrogen-bond donors (Lipinski definition) is 1. The summed E-state index contributed by atoms with van der Waals surface area (Å²) in [5, 5.41) is 8.82. The van der Waals surface area contributed by atoms with Crippen LogP contribution >= 0.6 is 0 Å². The molecule has 1 rings (SSSR count). The molecule has 14 heavy (non-hydrogen) atoms. The minimum absolute atomic E-state index is 0.0262. The molecule has 0 spiro atoms. The van der Waals surface area contributed by atoms with Crippen LogP contribution in [0.15, 0.2) is 0 Å². The summed E-state index contributed by atoms with van der Waals surface area (Å²) in [7, 11) is 0. The van der Waals surface area contributed by atoms with Gasteiger partial charge in [-0.15, -0.1) is 0 Å². The predicted octanol–water partition coefficient (Wildman–Crippen LogP) is 0.396. The summed E-state index contributed by atoms with van der Waals surface area (Å²) in [6.45, 7) is 3.87. The van der Waals surface area contributed by atoms with Crippen molar-refractivity contribution in [1.29, 1.82) is 0 Å². The van der Waals surface area contributed by atoms with Crippen LogP contribution in [0.2, 0.25) is 0 Å². The number of carbonyl (C=O) groups excluding carboxylic acids is 1. The number of hydrogen-bond acceptors (Lipinski definition) is 3. The van der Waals surface area contributed by atoms with Crippen molar-refractivity contribution in [2.45, 2.75) is 32.3 Å². The average Bonchev–Trinajstić information content (AvgIpc) is 2.69. The van der Waals surface area contributed by atoms with E-state index < -0.39 is 0 Å². The van der Waals surface area contributed by atoms with E-state index in [9.17, 15) is 4.79 Å². The lowest BCUT2D eigenvalue weighted by Crippen LogP contribution is -2.40. The molecule has 0 unspecified atom stereocenters. The van der Waals surface area contributed by atoms with Crippen molar-refractivity contribution in [3.63, 3.8) is 0 Å². The zero-order valence-corrected chi connectivity index (χ0v) is 8.74. The lowest BCUT2D eigenvalue weighted by molar-refractivity contribution is -0.141. The third-order valence-electron chi connectivity index (χ3n) is 2.38. The van der Waals surface area contributed by atoms with Crippen LogP contribution in [0.3, 0.4) is 0 Å². The van der Waals surface area contributed by atoms with Gasteiger partial charge in [0.25, 0.3) is 5.91 Å². The Morgan fingerprint density at radius 2 is 2.36 bits per heavy atom. The van der Waals surface area contributed by atoms with E-state index in [0.717, 1.165) is 19.3 Å².